The number of piperidine rings is 1. The lowest BCUT2D eigenvalue weighted by atomic mass is 9.95. The van der Waals surface area contributed by atoms with Gasteiger partial charge < -0.3 is 5.11 Å². The number of halogens is 2. The normalized spacial score (nSPS) is 21.2. The fourth-order valence-electron chi connectivity index (χ4n) is 2.60. The molecule has 2 rings (SSSR count). The van der Waals surface area contributed by atoms with Crippen LogP contribution in [0.2, 0.25) is 0 Å². The molecule has 1 N–H and O–H groups in total. The average Bonchev–Trinajstić information content (AvgIpc) is 2.34. The molecule has 0 bridgehead atoms. The van der Waals surface area contributed by atoms with E-state index in [1.807, 2.05) is 6.07 Å². The third-order valence-electron chi connectivity index (χ3n) is 3.55. The molecule has 1 atom stereocenters. The van der Waals surface area contributed by atoms with Crippen LogP contribution in [0.15, 0.2) is 22.7 Å². The highest BCUT2D eigenvalue weighted by atomic mass is 79.9. The van der Waals surface area contributed by atoms with Gasteiger partial charge in [0.2, 0.25) is 0 Å². The first kappa shape index (κ1) is 14.0. The first-order valence-corrected chi connectivity index (χ1v) is 7.25. The van der Waals surface area contributed by atoms with Crippen LogP contribution in [0.4, 0.5) is 4.39 Å². The first-order chi connectivity index (χ1) is 8.69. The molecule has 1 aliphatic heterocycles. The molecule has 18 heavy (non-hydrogen) atoms. The predicted molar refractivity (Wildman–Crippen MR) is 73.8 cm³/mol. The van der Waals surface area contributed by atoms with Gasteiger partial charge in [-0.1, -0.05) is 22.0 Å². The van der Waals surface area contributed by atoms with Gasteiger partial charge in [-0.25, -0.2) is 4.39 Å². The lowest BCUT2D eigenvalue weighted by Crippen LogP contribution is -2.35. The highest BCUT2D eigenvalue weighted by Crippen LogP contribution is 2.24. The predicted octanol–water partition coefficient (Wildman–Crippen LogP) is 3.18. The molecular weight excluding hydrogens is 297 g/mol. The summed E-state index contributed by atoms with van der Waals surface area (Å²) in [5, 5.41) is 9.00. The maximum Gasteiger partial charge on any atom is 0.124 e. The number of rotatable bonds is 4. The number of likely N-dealkylation sites (tertiary alicyclic amines) is 1. The highest BCUT2D eigenvalue weighted by Gasteiger charge is 2.20. The van der Waals surface area contributed by atoms with Crippen molar-refractivity contribution >= 4 is 15.9 Å². The molecule has 1 aromatic rings. The van der Waals surface area contributed by atoms with E-state index in [-0.39, 0.29) is 12.4 Å². The topological polar surface area (TPSA) is 23.5 Å². The van der Waals surface area contributed by atoms with Gasteiger partial charge in [0.05, 0.1) is 0 Å². The summed E-state index contributed by atoms with van der Waals surface area (Å²) in [7, 11) is 0. The van der Waals surface area contributed by atoms with E-state index < -0.39 is 0 Å². The van der Waals surface area contributed by atoms with E-state index in [4.69, 9.17) is 5.11 Å². The van der Waals surface area contributed by atoms with E-state index in [1.54, 1.807) is 0 Å². The molecule has 4 heteroatoms. The van der Waals surface area contributed by atoms with E-state index in [1.165, 1.54) is 25.0 Å². The van der Waals surface area contributed by atoms with Crippen molar-refractivity contribution in [3.8, 4) is 0 Å². The fraction of sp³-hybridized carbons (Fsp3) is 0.571. The van der Waals surface area contributed by atoms with Gasteiger partial charge in [-0.15, -0.1) is 0 Å². The Morgan fingerprint density at radius 2 is 2.28 bits per heavy atom. The van der Waals surface area contributed by atoms with E-state index in [0.29, 0.717) is 5.92 Å². The zero-order valence-electron chi connectivity index (χ0n) is 10.4. The molecule has 100 valence electrons. The van der Waals surface area contributed by atoms with Crippen molar-refractivity contribution in [2.24, 2.45) is 5.92 Å². The maximum absolute atomic E-state index is 13.0. The van der Waals surface area contributed by atoms with Crippen molar-refractivity contribution in [2.75, 3.05) is 19.7 Å². The minimum Gasteiger partial charge on any atom is -0.396 e. The summed E-state index contributed by atoms with van der Waals surface area (Å²) in [6.45, 7) is 3.25. The Morgan fingerprint density at radius 3 is 3.00 bits per heavy atom. The second-order valence-corrected chi connectivity index (χ2v) is 5.85. The summed E-state index contributed by atoms with van der Waals surface area (Å²) in [4.78, 5) is 2.39. The van der Waals surface area contributed by atoms with Crippen LogP contribution in [0.1, 0.15) is 24.8 Å². The second kappa shape index (κ2) is 6.64. The molecule has 1 aromatic carbocycles. The van der Waals surface area contributed by atoms with Crippen LogP contribution in [-0.2, 0) is 6.54 Å². The lowest BCUT2D eigenvalue weighted by Gasteiger charge is -2.32. The Balaban J connectivity index is 1.96. The van der Waals surface area contributed by atoms with Crippen LogP contribution in [-0.4, -0.2) is 29.7 Å². The number of nitrogens with zero attached hydrogens (tertiary/aromatic N) is 1. The van der Waals surface area contributed by atoms with Crippen LogP contribution in [0.3, 0.4) is 0 Å². The van der Waals surface area contributed by atoms with Crippen LogP contribution in [0.25, 0.3) is 0 Å². The Hall–Kier alpha value is -0.450. The third-order valence-corrected chi connectivity index (χ3v) is 4.29. The summed E-state index contributed by atoms with van der Waals surface area (Å²) >= 11 is 3.41. The van der Waals surface area contributed by atoms with E-state index >= 15 is 0 Å². The summed E-state index contributed by atoms with van der Waals surface area (Å²) < 4.78 is 13.9. The Morgan fingerprint density at radius 1 is 1.44 bits per heavy atom. The lowest BCUT2D eigenvalue weighted by molar-refractivity contribution is 0.142. The van der Waals surface area contributed by atoms with Crippen LogP contribution in [0, 0.1) is 11.7 Å². The fourth-order valence-corrected chi connectivity index (χ4v) is 3.08. The van der Waals surface area contributed by atoms with Crippen molar-refractivity contribution in [3.63, 3.8) is 0 Å². The van der Waals surface area contributed by atoms with E-state index in [2.05, 4.69) is 20.8 Å². The molecule has 1 saturated heterocycles. The van der Waals surface area contributed by atoms with Crippen molar-refractivity contribution in [1.29, 1.82) is 0 Å². The molecule has 0 amide bonds. The maximum atomic E-state index is 13.0. The molecule has 1 heterocycles. The van der Waals surface area contributed by atoms with E-state index in [9.17, 15) is 4.39 Å². The van der Waals surface area contributed by atoms with Crippen LogP contribution < -0.4 is 0 Å². The van der Waals surface area contributed by atoms with Crippen LogP contribution >= 0.6 is 15.9 Å². The number of hydrogen-bond acceptors (Lipinski definition) is 2. The summed E-state index contributed by atoms with van der Waals surface area (Å²) in [6, 6.07) is 4.87. The summed E-state index contributed by atoms with van der Waals surface area (Å²) in [5.41, 5.74) is 1.13. The van der Waals surface area contributed by atoms with Crippen molar-refractivity contribution in [2.45, 2.75) is 25.8 Å². The van der Waals surface area contributed by atoms with Gasteiger partial charge >= 0.3 is 0 Å². The second-order valence-electron chi connectivity index (χ2n) is 4.99. The van der Waals surface area contributed by atoms with Crippen molar-refractivity contribution in [1.82, 2.24) is 4.90 Å². The largest absolute Gasteiger partial charge is 0.396 e. The Labute approximate surface area is 116 Å². The standard InChI is InChI=1S/C14H19BrFNO/c15-14-8-13(16)4-3-12(14)10-17-6-1-2-11(9-17)5-7-18/h3-4,8,11,18H,1-2,5-7,9-10H2. The molecule has 1 unspecified atom stereocenters. The molecular formula is C14H19BrFNO. The monoisotopic (exact) mass is 315 g/mol. The van der Waals surface area contributed by atoms with Gasteiger partial charge in [-0.05, 0) is 49.4 Å². The third kappa shape index (κ3) is 3.77. The average molecular weight is 316 g/mol. The van der Waals surface area contributed by atoms with Gasteiger partial charge in [-0.3, -0.25) is 4.90 Å². The van der Waals surface area contributed by atoms with Gasteiger partial charge in [-0.2, -0.15) is 0 Å². The van der Waals surface area contributed by atoms with E-state index in [0.717, 1.165) is 36.1 Å². The summed E-state index contributed by atoms with van der Waals surface area (Å²) in [6.07, 6.45) is 3.28. The first-order valence-electron chi connectivity index (χ1n) is 6.46. The number of hydrogen-bond donors (Lipinski definition) is 1. The smallest absolute Gasteiger partial charge is 0.124 e. The Bertz CT molecular complexity index is 397. The number of aliphatic hydroxyl groups excluding tert-OH is 1. The molecule has 0 aliphatic carbocycles. The van der Waals surface area contributed by atoms with Crippen molar-refractivity contribution < 1.29 is 9.50 Å². The zero-order valence-corrected chi connectivity index (χ0v) is 12.0. The molecule has 0 aromatic heterocycles. The SMILES string of the molecule is OCCC1CCCN(Cc2ccc(F)cc2Br)C1. The van der Waals surface area contributed by atoms with Gasteiger partial charge in [0.15, 0.2) is 0 Å². The minimum atomic E-state index is -0.206. The van der Waals surface area contributed by atoms with Gasteiger partial charge in [0, 0.05) is 24.2 Å². The van der Waals surface area contributed by atoms with Crippen molar-refractivity contribution in [3.05, 3.63) is 34.1 Å². The number of benzene rings is 1. The Kier molecular flexibility index (Phi) is 5.15. The van der Waals surface area contributed by atoms with Gasteiger partial charge in [0.1, 0.15) is 5.82 Å². The number of aliphatic hydroxyl groups is 1. The van der Waals surface area contributed by atoms with Crippen LogP contribution in [0.5, 0.6) is 0 Å². The molecule has 0 saturated carbocycles. The molecule has 0 radical (unpaired) electrons. The zero-order chi connectivity index (χ0) is 13.0. The molecule has 0 spiro atoms. The highest BCUT2D eigenvalue weighted by molar-refractivity contribution is 9.10. The molecule has 1 aliphatic rings. The molecule has 1 fully saturated rings. The quantitative estimate of drug-likeness (QED) is 0.922. The minimum absolute atomic E-state index is 0.206. The summed E-state index contributed by atoms with van der Waals surface area (Å²) in [5.74, 6) is 0.394. The van der Waals surface area contributed by atoms with Gasteiger partial charge in [0.25, 0.3) is 0 Å². The molecule has 2 nitrogen and oxygen atoms in total.